The largest absolute Gasteiger partial charge is 0.496 e. The molecule has 0 aliphatic rings. The minimum atomic E-state index is -0.197. The molecule has 0 amide bonds. The quantitative estimate of drug-likeness (QED) is 0.919. The highest BCUT2D eigenvalue weighted by atomic mass is 35.5. The molecule has 90 valence electrons. The molecular weight excluding hydrogens is 254 g/mol. The van der Waals surface area contributed by atoms with Gasteiger partial charge in [-0.05, 0) is 35.6 Å². The summed E-state index contributed by atoms with van der Waals surface area (Å²) in [5.74, 6) is 0.852. The van der Waals surface area contributed by atoms with Crippen molar-refractivity contribution in [3.05, 3.63) is 50.7 Å². The summed E-state index contributed by atoms with van der Waals surface area (Å²) in [7, 11) is 1.66. The van der Waals surface area contributed by atoms with Crippen LogP contribution >= 0.6 is 22.9 Å². The predicted octanol–water partition coefficient (Wildman–Crippen LogP) is 3.77. The van der Waals surface area contributed by atoms with Gasteiger partial charge in [0, 0.05) is 4.88 Å². The molecule has 2 N–H and O–H groups in total. The summed E-state index contributed by atoms with van der Waals surface area (Å²) in [6.45, 7) is 2.01. The lowest BCUT2D eigenvalue weighted by atomic mass is 10.0. The van der Waals surface area contributed by atoms with Crippen LogP contribution in [0.1, 0.15) is 22.0 Å². The van der Waals surface area contributed by atoms with Gasteiger partial charge in [-0.25, -0.2) is 0 Å². The lowest BCUT2D eigenvalue weighted by molar-refractivity contribution is 0.411. The fourth-order valence-corrected chi connectivity index (χ4v) is 2.91. The van der Waals surface area contributed by atoms with Crippen molar-refractivity contribution in [2.45, 2.75) is 13.0 Å². The van der Waals surface area contributed by atoms with Crippen molar-refractivity contribution in [1.82, 2.24) is 0 Å². The van der Waals surface area contributed by atoms with E-state index in [2.05, 4.69) is 0 Å². The Morgan fingerprint density at radius 3 is 2.71 bits per heavy atom. The molecule has 0 saturated carbocycles. The van der Waals surface area contributed by atoms with Gasteiger partial charge in [0.1, 0.15) is 5.75 Å². The van der Waals surface area contributed by atoms with Crippen molar-refractivity contribution in [2.75, 3.05) is 7.11 Å². The summed E-state index contributed by atoms with van der Waals surface area (Å²) in [5, 5.41) is 2.67. The molecule has 1 heterocycles. The molecule has 0 aliphatic heterocycles. The molecule has 0 aliphatic carbocycles. The number of nitrogens with two attached hydrogens (primary N) is 1. The number of halogens is 1. The smallest absolute Gasteiger partial charge is 0.122 e. The van der Waals surface area contributed by atoms with Crippen molar-refractivity contribution in [2.24, 2.45) is 5.73 Å². The third kappa shape index (κ3) is 2.46. The highest BCUT2D eigenvalue weighted by molar-refractivity contribution is 7.10. The highest BCUT2D eigenvalue weighted by Crippen LogP contribution is 2.33. The van der Waals surface area contributed by atoms with Gasteiger partial charge in [-0.2, -0.15) is 0 Å². The summed E-state index contributed by atoms with van der Waals surface area (Å²) in [5.41, 5.74) is 8.31. The summed E-state index contributed by atoms with van der Waals surface area (Å²) < 4.78 is 5.30. The Hall–Kier alpha value is -1.03. The van der Waals surface area contributed by atoms with Crippen LogP contribution in [0.25, 0.3) is 0 Å². The molecule has 2 rings (SSSR count). The minimum Gasteiger partial charge on any atom is -0.496 e. The average molecular weight is 268 g/mol. The van der Waals surface area contributed by atoms with E-state index in [1.54, 1.807) is 18.4 Å². The van der Waals surface area contributed by atoms with Crippen LogP contribution in [0.2, 0.25) is 5.02 Å². The van der Waals surface area contributed by atoms with E-state index < -0.39 is 0 Å². The fraction of sp³-hybridized carbons (Fsp3) is 0.231. The zero-order chi connectivity index (χ0) is 12.4. The Labute approximate surface area is 110 Å². The van der Waals surface area contributed by atoms with Crippen molar-refractivity contribution < 1.29 is 4.74 Å². The number of aryl methyl sites for hydroxylation is 1. The molecule has 0 fully saturated rings. The fourth-order valence-electron chi connectivity index (χ4n) is 1.71. The highest BCUT2D eigenvalue weighted by Gasteiger charge is 2.15. The van der Waals surface area contributed by atoms with E-state index in [0.717, 1.165) is 26.8 Å². The van der Waals surface area contributed by atoms with E-state index in [4.69, 9.17) is 22.1 Å². The first-order valence-electron chi connectivity index (χ1n) is 5.26. The number of rotatable bonds is 3. The molecular formula is C13H14ClNOS. The Bertz CT molecular complexity index is 524. The molecule has 0 saturated heterocycles. The number of ether oxygens (including phenoxy) is 1. The molecule has 0 spiro atoms. The molecule has 1 unspecified atom stereocenters. The van der Waals surface area contributed by atoms with Crippen LogP contribution in [0.5, 0.6) is 5.75 Å². The summed E-state index contributed by atoms with van der Waals surface area (Å²) >= 11 is 7.66. The first-order chi connectivity index (χ1) is 8.13. The molecule has 0 radical (unpaired) electrons. The van der Waals surface area contributed by atoms with Gasteiger partial charge in [0.15, 0.2) is 0 Å². The molecule has 2 aromatic rings. The normalized spacial score (nSPS) is 12.5. The number of hydrogen-bond donors (Lipinski definition) is 1. The summed E-state index contributed by atoms with van der Waals surface area (Å²) in [6.07, 6.45) is 0. The molecule has 0 bridgehead atoms. The Kier molecular flexibility index (Phi) is 3.72. The second-order valence-electron chi connectivity index (χ2n) is 3.84. The van der Waals surface area contributed by atoms with Crippen LogP contribution in [0.15, 0.2) is 29.6 Å². The van der Waals surface area contributed by atoms with E-state index in [-0.39, 0.29) is 6.04 Å². The average Bonchev–Trinajstić information content (AvgIpc) is 2.75. The maximum atomic E-state index is 6.21. The van der Waals surface area contributed by atoms with E-state index in [9.17, 15) is 0 Å². The van der Waals surface area contributed by atoms with Crippen LogP contribution in [0.3, 0.4) is 0 Å². The van der Waals surface area contributed by atoms with Crippen molar-refractivity contribution >= 4 is 22.9 Å². The Balaban J connectivity index is 2.38. The van der Waals surface area contributed by atoms with Gasteiger partial charge >= 0.3 is 0 Å². The van der Waals surface area contributed by atoms with E-state index in [0.29, 0.717) is 0 Å². The molecule has 1 aromatic heterocycles. The zero-order valence-electron chi connectivity index (χ0n) is 9.74. The van der Waals surface area contributed by atoms with Gasteiger partial charge in [-0.15, -0.1) is 11.3 Å². The second-order valence-corrected chi connectivity index (χ2v) is 5.19. The number of hydrogen-bond acceptors (Lipinski definition) is 3. The van der Waals surface area contributed by atoms with Gasteiger partial charge in [0.2, 0.25) is 0 Å². The Morgan fingerprint density at radius 1 is 1.35 bits per heavy atom. The summed E-state index contributed by atoms with van der Waals surface area (Å²) in [6, 6.07) is 7.66. The van der Waals surface area contributed by atoms with E-state index in [1.165, 1.54) is 0 Å². The number of thiophene rings is 1. The SMILES string of the molecule is COc1cc(C(N)c2sccc2Cl)ccc1C. The third-order valence-electron chi connectivity index (χ3n) is 2.72. The van der Waals surface area contributed by atoms with Crippen molar-refractivity contribution in [1.29, 1.82) is 0 Å². The molecule has 2 nitrogen and oxygen atoms in total. The lowest BCUT2D eigenvalue weighted by Crippen LogP contribution is -2.10. The van der Waals surface area contributed by atoms with Gasteiger partial charge in [0.25, 0.3) is 0 Å². The molecule has 1 aromatic carbocycles. The first kappa shape index (κ1) is 12.4. The second kappa shape index (κ2) is 5.08. The van der Waals surface area contributed by atoms with Crippen LogP contribution in [-0.2, 0) is 0 Å². The van der Waals surface area contributed by atoms with Gasteiger partial charge in [-0.1, -0.05) is 23.7 Å². The standard InChI is InChI=1S/C13H14ClNOS/c1-8-3-4-9(7-11(8)16-2)12(15)13-10(14)5-6-17-13/h3-7,12H,15H2,1-2H3. The maximum Gasteiger partial charge on any atom is 0.122 e. The minimum absolute atomic E-state index is 0.197. The summed E-state index contributed by atoms with van der Waals surface area (Å²) in [4.78, 5) is 0.984. The lowest BCUT2D eigenvalue weighted by Gasteiger charge is -2.13. The predicted molar refractivity (Wildman–Crippen MR) is 73.1 cm³/mol. The zero-order valence-corrected chi connectivity index (χ0v) is 11.3. The van der Waals surface area contributed by atoms with Gasteiger partial charge in [0.05, 0.1) is 18.2 Å². The van der Waals surface area contributed by atoms with Crippen LogP contribution in [0, 0.1) is 6.92 Å². The van der Waals surface area contributed by atoms with E-state index >= 15 is 0 Å². The third-order valence-corrected chi connectivity index (χ3v) is 4.16. The van der Waals surface area contributed by atoms with E-state index in [1.807, 2.05) is 36.6 Å². The Morgan fingerprint density at radius 2 is 2.12 bits per heavy atom. The molecule has 1 atom stereocenters. The van der Waals surface area contributed by atoms with Crippen LogP contribution in [0.4, 0.5) is 0 Å². The van der Waals surface area contributed by atoms with Crippen LogP contribution < -0.4 is 10.5 Å². The van der Waals surface area contributed by atoms with Crippen molar-refractivity contribution in [3.8, 4) is 5.75 Å². The molecule has 4 heteroatoms. The molecule has 17 heavy (non-hydrogen) atoms. The monoisotopic (exact) mass is 267 g/mol. The van der Waals surface area contributed by atoms with Crippen molar-refractivity contribution in [3.63, 3.8) is 0 Å². The maximum absolute atomic E-state index is 6.21. The topological polar surface area (TPSA) is 35.2 Å². The first-order valence-corrected chi connectivity index (χ1v) is 6.52. The number of benzene rings is 1. The van der Waals surface area contributed by atoms with Gasteiger partial charge < -0.3 is 10.5 Å². The number of methoxy groups -OCH3 is 1. The van der Waals surface area contributed by atoms with Crippen LogP contribution in [-0.4, -0.2) is 7.11 Å². The van der Waals surface area contributed by atoms with Gasteiger partial charge in [-0.3, -0.25) is 0 Å².